The van der Waals surface area contributed by atoms with Crippen LogP contribution in [0.15, 0.2) is 97.5 Å². The Morgan fingerprint density at radius 2 is 1.56 bits per heavy atom. The first-order valence-corrected chi connectivity index (χ1v) is 13.6. The topological polar surface area (TPSA) is 69.2 Å². The fourth-order valence-electron chi connectivity index (χ4n) is 4.95. The maximum Gasteiger partial charge on any atom is 0.147 e. The molecule has 3 aromatic carbocycles. The summed E-state index contributed by atoms with van der Waals surface area (Å²) < 4.78 is 2.89. The molecule has 0 atom stereocenters. The molecule has 3 heterocycles. The zero-order valence-electron chi connectivity index (χ0n) is 21.7. The van der Waals surface area contributed by atoms with Crippen LogP contribution < -0.4 is 14.9 Å². The van der Waals surface area contributed by atoms with Crippen LogP contribution >= 0.6 is 12.8 Å². The number of rotatable bonds is 8. The first-order valence-electron chi connectivity index (χ1n) is 13.2. The van der Waals surface area contributed by atoms with E-state index in [1.807, 2.05) is 36.8 Å². The number of hydrogen-bond donors (Lipinski definition) is 3. The normalized spacial score (nSPS) is 13.9. The van der Waals surface area contributed by atoms with Gasteiger partial charge in [-0.3, -0.25) is 14.9 Å². The molecule has 2 aromatic heterocycles. The smallest absolute Gasteiger partial charge is 0.147 e. The molecule has 1 fully saturated rings. The van der Waals surface area contributed by atoms with Gasteiger partial charge >= 0.3 is 0 Å². The lowest BCUT2D eigenvalue weighted by molar-refractivity contribution is 0.249. The monoisotopic (exact) mass is 533 g/mol. The summed E-state index contributed by atoms with van der Waals surface area (Å²) in [4.78, 5) is 18.8. The van der Waals surface area contributed by atoms with Gasteiger partial charge in [0.15, 0.2) is 0 Å². The minimum absolute atomic E-state index is 0.745. The highest BCUT2D eigenvalue weighted by molar-refractivity contribution is 7.81. The third-order valence-corrected chi connectivity index (χ3v) is 7.38. The molecule has 0 amide bonds. The minimum Gasteiger partial charge on any atom is -0.381 e. The van der Waals surface area contributed by atoms with Gasteiger partial charge in [-0.05, 0) is 64.7 Å². The molecule has 1 saturated heterocycles. The molecule has 0 saturated carbocycles. The summed E-state index contributed by atoms with van der Waals surface area (Å²) in [7, 11) is 0. The van der Waals surface area contributed by atoms with Gasteiger partial charge in [0.25, 0.3) is 0 Å². The maximum absolute atomic E-state index is 5.00. The van der Waals surface area contributed by atoms with Gasteiger partial charge < -0.3 is 14.9 Å². The van der Waals surface area contributed by atoms with Crippen molar-refractivity contribution in [2.75, 3.05) is 41.1 Å². The highest BCUT2D eigenvalue weighted by Gasteiger charge is 2.19. The maximum atomic E-state index is 5.00. The van der Waals surface area contributed by atoms with Crippen LogP contribution in [0.2, 0.25) is 0 Å². The molecule has 1 aliphatic rings. The highest BCUT2D eigenvalue weighted by atomic mass is 32.1. The van der Waals surface area contributed by atoms with Gasteiger partial charge in [0.05, 0.1) is 17.2 Å². The average Bonchev–Trinajstić information content (AvgIpc) is 3.01. The van der Waals surface area contributed by atoms with Crippen LogP contribution in [0, 0.1) is 0 Å². The van der Waals surface area contributed by atoms with E-state index in [2.05, 4.69) is 98.3 Å². The molecular formula is C31H31N7S. The molecule has 0 aliphatic carbocycles. The molecular weight excluding hydrogens is 502 g/mol. The van der Waals surface area contributed by atoms with E-state index >= 15 is 0 Å². The van der Waals surface area contributed by atoms with Crippen molar-refractivity contribution in [3.05, 3.63) is 109 Å². The van der Waals surface area contributed by atoms with Gasteiger partial charge in [0.1, 0.15) is 5.82 Å². The second kappa shape index (κ2) is 11.7. The van der Waals surface area contributed by atoms with E-state index in [9.17, 15) is 0 Å². The van der Waals surface area contributed by atoms with E-state index in [0.29, 0.717) is 0 Å². The van der Waals surface area contributed by atoms with Gasteiger partial charge in [0.2, 0.25) is 0 Å². The summed E-state index contributed by atoms with van der Waals surface area (Å²) in [6.45, 7) is 5.53. The number of pyridine rings is 1. The van der Waals surface area contributed by atoms with E-state index in [0.717, 1.165) is 78.6 Å². The molecule has 7 nitrogen and oxygen atoms in total. The molecule has 0 unspecified atom stereocenters. The number of thiol groups is 1. The molecule has 6 rings (SSSR count). The Morgan fingerprint density at radius 3 is 2.36 bits per heavy atom. The minimum atomic E-state index is 0.745. The molecule has 196 valence electrons. The van der Waals surface area contributed by atoms with Crippen molar-refractivity contribution in [2.45, 2.75) is 13.1 Å². The van der Waals surface area contributed by atoms with Crippen molar-refractivity contribution in [1.82, 2.24) is 19.9 Å². The lowest BCUT2D eigenvalue weighted by Gasteiger charge is -2.35. The number of fused-ring (bicyclic) bond motifs is 1. The van der Waals surface area contributed by atoms with Gasteiger partial charge in [-0.15, -0.1) is 0 Å². The van der Waals surface area contributed by atoms with E-state index in [1.165, 1.54) is 11.1 Å². The number of piperazine rings is 1. The summed E-state index contributed by atoms with van der Waals surface area (Å²) in [5.74, 6) is 0.942. The van der Waals surface area contributed by atoms with Crippen LogP contribution in [0.1, 0.15) is 11.1 Å². The van der Waals surface area contributed by atoms with E-state index in [4.69, 9.17) is 9.97 Å². The zero-order chi connectivity index (χ0) is 26.4. The second-order valence-corrected chi connectivity index (χ2v) is 10.0. The molecule has 8 heteroatoms. The summed E-state index contributed by atoms with van der Waals surface area (Å²) in [6, 6.07) is 27.2. The highest BCUT2D eigenvalue weighted by Crippen LogP contribution is 2.26. The number of nitrogens with zero attached hydrogens (tertiary/aromatic N) is 5. The quantitative estimate of drug-likeness (QED) is 0.215. The second-order valence-electron chi connectivity index (χ2n) is 9.80. The van der Waals surface area contributed by atoms with Crippen LogP contribution in [0.3, 0.4) is 0 Å². The fourth-order valence-corrected chi connectivity index (χ4v) is 5.09. The molecule has 0 radical (unpaired) electrons. The molecule has 0 bridgehead atoms. The number of anilines is 3. The Labute approximate surface area is 234 Å². The molecule has 0 spiro atoms. The Morgan fingerprint density at radius 1 is 0.744 bits per heavy atom. The van der Waals surface area contributed by atoms with Crippen molar-refractivity contribution in [3.63, 3.8) is 0 Å². The third kappa shape index (κ3) is 6.13. The number of nitrogens with one attached hydrogen (secondary N) is 2. The number of benzene rings is 3. The summed E-state index contributed by atoms with van der Waals surface area (Å²) in [5.41, 5.74) is 8.62. The zero-order valence-corrected chi connectivity index (χ0v) is 22.6. The van der Waals surface area contributed by atoms with Crippen LogP contribution in [-0.2, 0) is 13.1 Å². The number of aromatic nitrogens is 3. The summed E-state index contributed by atoms with van der Waals surface area (Å²) in [6.07, 6.45) is 5.68. The van der Waals surface area contributed by atoms with E-state index in [-0.39, 0.29) is 0 Å². The van der Waals surface area contributed by atoms with Crippen LogP contribution in [0.25, 0.3) is 22.2 Å². The lowest BCUT2D eigenvalue weighted by Crippen LogP contribution is -2.46. The summed E-state index contributed by atoms with van der Waals surface area (Å²) in [5, 5.41) is 3.49. The summed E-state index contributed by atoms with van der Waals surface area (Å²) >= 11 is 4.13. The van der Waals surface area contributed by atoms with Crippen LogP contribution in [-0.4, -0.2) is 46.0 Å². The molecule has 39 heavy (non-hydrogen) atoms. The standard InChI is InChI=1S/C31H31N7S/c39-36-28-5-1-3-23(17-28)20-33-27-9-6-25(7-10-27)26-8-11-29-30(18-26)35-31(21-34-29)38-15-13-37(14-16-38)22-24-4-2-12-32-19-24/h1-12,17-19,21,33,36,39H,13-16,20,22H2. The predicted molar refractivity (Wildman–Crippen MR) is 163 cm³/mol. The van der Waals surface area contributed by atoms with Crippen molar-refractivity contribution < 1.29 is 0 Å². The van der Waals surface area contributed by atoms with Gasteiger partial charge in [-0.1, -0.05) is 49.2 Å². The van der Waals surface area contributed by atoms with Crippen LogP contribution in [0.5, 0.6) is 0 Å². The Balaban J connectivity index is 1.11. The van der Waals surface area contributed by atoms with Crippen molar-refractivity contribution in [3.8, 4) is 11.1 Å². The Hall–Kier alpha value is -4.14. The van der Waals surface area contributed by atoms with E-state index < -0.39 is 0 Å². The molecule has 2 N–H and O–H groups in total. The van der Waals surface area contributed by atoms with Gasteiger partial charge in [-0.25, -0.2) is 4.98 Å². The van der Waals surface area contributed by atoms with Gasteiger partial charge in [-0.2, -0.15) is 0 Å². The fraction of sp³-hybridized carbons (Fsp3) is 0.194. The van der Waals surface area contributed by atoms with Crippen molar-refractivity contribution in [1.29, 1.82) is 0 Å². The van der Waals surface area contributed by atoms with Crippen molar-refractivity contribution in [2.24, 2.45) is 0 Å². The predicted octanol–water partition coefficient (Wildman–Crippen LogP) is 5.88. The first kappa shape index (κ1) is 25.2. The molecule has 1 aliphatic heterocycles. The first-order chi connectivity index (χ1) is 19.2. The third-order valence-electron chi connectivity index (χ3n) is 7.13. The van der Waals surface area contributed by atoms with Gasteiger partial charge in [0, 0.05) is 63.0 Å². The molecule has 5 aromatic rings. The SMILES string of the molecule is SNc1cccc(CNc2ccc(-c3ccc4ncc(N5CCN(Cc6cccnc6)CC5)nc4c3)cc2)c1. The largest absolute Gasteiger partial charge is 0.381 e. The van der Waals surface area contributed by atoms with Crippen molar-refractivity contribution >= 4 is 41.0 Å². The van der Waals surface area contributed by atoms with Crippen LogP contribution in [0.4, 0.5) is 17.2 Å². The number of hydrogen-bond acceptors (Lipinski definition) is 8. The Kier molecular flexibility index (Phi) is 7.56. The van der Waals surface area contributed by atoms with E-state index in [1.54, 1.807) is 0 Å². The lowest BCUT2D eigenvalue weighted by atomic mass is 10.0. The average molecular weight is 534 g/mol. The Bertz CT molecular complexity index is 1530.